The highest BCUT2D eigenvalue weighted by atomic mass is 15.1. The van der Waals surface area contributed by atoms with Gasteiger partial charge in [-0.15, -0.1) is 0 Å². The van der Waals surface area contributed by atoms with Crippen molar-refractivity contribution in [2.24, 2.45) is 5.73 Å². The lowest BCUT2D eigenvalue weighted by Gasteiger charge is -2.30. The SMILES string of the molecule is CC(C)(N)c1cncn1C1CCc2ccccc2C1. The van der Waals surface area contributed by atoms with E-state index in [-0.39, 0.29) is 5.54 Å². The summed E-state index contributed by atoms with van der Waals surface area (Å²) in [6.07, 6.45) is 7.22. The van der Waals surface area contributed by atoms with Crippen LogP contribution in [-0.4, -0.2) is 9.55 Å². The molecule has 3 heteroatoms. The molecule has 3 nitrogen and oxygen atoms in total. The van der Waals surface area contributed by atoms with Crippen molar-refractivity contribution in [2.75, 3.05) is 0 Å². The van der Waals surface area contributed by atoms with Crippen LogP contribution in [0, 0.1) is 0 Å². The van der Waals surface area contributed by atoms with Crippen LogP contribution in [0.3, 0.4) is 0 Å². The van der Waals surface area contributed by atoms with E-state index < -0.39 is 0 Å². The van der Waals surface area contributed by atoms with Gasteiger partial charge in [-0.05, 0) is 44.2 Å². The predicted octanol–water partition coefficient (Wildman–Crippen LogP) is 2.81. The van der Waals surface area contributed by atoms with Gasteiger partial charge in [0.25, 0.3) is 0 Å². The maximum atomic E-state index is 6.24. The Hall–Kier alpha value is -1.61. The smallest absolute Gasteiger partial charge is 0.0951 e. The van der Waals surface area contributed by atoms with Crippen LogP contribution in [0.1, 0.15) is 43.1 Å². The summed E-state index contributed by atoms with van der Waals surface area (Å²) in [5, 5.41) is 0. The third kappa shape index (κ3) is 2.30. The van der Waals surface area contributed by atoms with E-state index in [1.165, 1.54) is 11.1 Å². The van der Waals surface area contributed by atoms with Gasteiger partial charge in [-0.3, -0.25) is 0 Å². The van der Waals surface area contributed by atoms with E-state index >= 15 is 0 Å². The lowest BCUT2D eigenvalue weighted by Crippen LogP contribution is -2.33. The zero-order valence-corrected chi connectivity index (χ0v) is 11.6. The van der Waals surface area contributed by atoms with E-state index in [2.05, 4.69) is 33.8 Å². The summed E-state index contributed by atoms with van der Waals surface area (Å²) in [6, 6.07) is 9.22. The highest BCUT2D eigenvalue weighted by Gasteiger charge is 2.25. The molecule has 1 aromatic carbocycles. The minimum Gasteiger partial charge on any atom is -0.329 e. The normalized spacial score (nSPS) is 19.2. The van der Waals surface area contributed by atoms with Crippen molar-refractivity contribution in [3.8, 4) is 0 Å². The van der Waals surface area contributed by atoms with Crippen LogP contribution in [0.25, 0.3) is 0 Å². The molecule has 1 aromatic heterocycles. The summed E-state index contributed by atoms with van der Waals surface area (Å²) in [4.78, 5) is 4.30. The topological polar surface area (TPSA) is 43.8 Å². The molecule has 1 unspecified atom stereocenters. The van der Waals surface area contributed by atoms with Crippen LogP contribution in [0.2, 0.25) is 0 Å². The molecule has 2 N–H and O–H groups in total. The van der Waals surface area contributed by atoms with Crippen molar-refractivity contribution in [1.29, 1.82) is 0 Å². The Bertz CT molecular complexity index is 578. The van der Waals surface area contributed by atoms with Crippen LogP contribution in [0.5, 0.6) is 0 Å². The maximum absolute atomic E-state index is 6.24. The van der Waals surface area contributed by atoms with E-state index in [0.717, 1.165) is 25.0 Å². The molecule has 0 amide bonds. The van der Waals surface area contributed by atoms with E-state index in [1.807, 2.05) is 26.4 Å². The van der Waals surface area contributed by atoms with Crippen LogP contribution >= 0.6 is 0 Å². The Morgan fingerprint density at radius 3 is 2.74 bits per heavy atom. The Morgan fingerprint density at radius 2 is 2.00 bits per heavy atom. The number of aryl methyl sites for hydroxylation is 1. The molecular weight excluding hydrogens is 234 g/mol. The molecule has 2 aromatic rings. The van der Waals surface area contributed by atoms with Gasteiger partial charge in [-0.2, -0.15) is 0 Å². The molecule has 19 heavy (non-hydrogen) atoms. The molecular formula is C16H21N3. The van der Waals surface area contributed by atoms with Crippen LogP contribution in [0.15, 0.2) is 36.8 Å². The monoisotopic (exact) mass is 255 g/mol. The molecule has 1 aliphatic rings. The summed E-state index contributed by atoms with van der Waals surface area (Å²) < 4.78 is 2.27. The maximum Gasteiger partial charge on any atom is 0.0951 e. The Morgan fingerprint density at radius 1 is 1.26 bits per heavy atom. The van der Waals surface area contributed by atoms with Crippen molar-refractivity contribution in [3.63, 3.8) is 0 Å². The number of rotatable bonds is 2. The van der Waals surface area contributed by atoms with E-state index in [0.29, 0.717) is 6.04 Å². The van der Waals surface area contributed by atoms with E-state index in [9.17, 15) is 0 Å². The zero-order chi connectivity index (χ0) is 13.5. The first kappa shape index (κ1) is 12.4. The second-order valence-corrected chi connectivity index (χ2v) is 6.07. The second-order valence-electron chi connectivity index (χ2n) is 6.07. The summed E-state index contributed by atoms with van der Waals surface area (Å²) >= 11 is 0. The fraction of sp³-hybridized carbons (Fsp3) is 0.438. The van der Waals surface area contributed by atoms with Crippen molar-refractivity contribution in [3.05, 3.63) is 53.6 Å². The van der Waals surface area contributed by atoms with Crippen LogP contribution in [0.4, 0.5) is 0 Å². The first-order valence-corrected chi connectivity index (χ1v) is 6.93. The quantitative estimate of drug-likeness (QED) is 0.896. The van der Waals surface area contributed by atoms with Crippen molar-refractivity contribution in [2.45, 2.75) is 44.7 Å². The van der Waals surface area contributed by atoms with Gasteiger partial charge in [0.2, 0.25) is 0 Å². The molecule has 1 atom stereocenters. The predicted molar refractivity (Wildman–Crippen MR) is 76.9 cm³/mol. The third-order valence-corrected chi connectivity index (χ3v) is 4.04. The molecule has 0 saturated carbocycles. The lowest BCUT2D eigenvalue weighted by molar-refractivity contribution is 0.396. The number of benzene rings is 1. The van der Waals surface area contributed by atoms with Gasteiger partial charge in [0.15, 0.2) is 0 Å². The molecule has 0 fully saturated rings. The number of aromatic nitrogens is 2. The first-order chi connectivity index (χ1) is 9.05. The Kier molecular flexibility index (Phi) is 2.94. The first-order valence-electron chi connectivity index (χ1n) is 6.93. The van der Waals surface area contributed by atoms with Crippen molar-refractivity contribution >= 4 is 0 Å². The highest BCUT2D eigenvalue weighted by molar-refractivity contribution is 5.30. The lowest BCUT2D eigenvalue weighted by atomic mass is 9.87. The highest BCUT2D eigenvalue weighted by Crippen LogP contribution is 2.31. The number of fused-ring (bicyclic) bond motifs is 1. The van der Waals surface area contributed by atoms with E-state index in [1.54, 1.807) is 0 Å². The summed E-state index contributed by atoms with van der Waals surface area (Å²) in [5.41, 5.74) is 9.98. The molecule has 0 spiro atoms. The van der Waals surface area contributed by atoms with E-state index in [4.69, 9.17) is 5.73 Å². The van der Waals surface area contributed by atoms with Crippen LogP contribution in [-0.2, 0) is 18.4 Å². The average molecular weight is 255 g/mol. The number of nitrogens with two attached hydrogens (primary N) is 1. The fourth-order valence-corrected chi connectivity index (χ4v) is 3.01. The number of hydrogen-bond acceptors (Lipinski definition) is 2. The second kappa shape index (κ2) is 4.49. The molecule has 1 aliphatic carbocycles. The number of imidazole rings is 1. The summed E-state index contributed by atoms with van der Waals surface area (Å²) in [7, 11) is 0. The Balaban J connectivity index is 1.92. The van der Waals surface area contributed by atoms with Crippen molar-refractivity contribution in [1.82, 2.24) is 9.55 Å². The van der Waals surface area contributed by atoms with Gasteiger partial charge in [0, 0.05) is 12.2 Å². The van der Waals surface area contributed by atoms with Gasteiger partial charge in [-0.25, -0.2) is 4.98 Å². The largest absolute Gasteiger partial charge is 0.329 e. The Labute approximate surface area is 114 Å². The average Bonchev–Trinajstić information content (AvgIpc) is 2.87. The summed E-state index contributed by atoms with van der Waals surface area (Å²) in [6.45, 7) is 4.08. The zero-order valence-electron chi connectivity index (χ0n) is 11.6. The minimum absolute atomic E-state index is 0.340. The van der Waals surface area contributed by atoms with Gasteiger partial charge < -0.3 is 10.3 Å². The van der Waals surface area contributed by atoms with Crippen LogP contribution < -0.4 is 5.73 Å². The number of nitrogens with zero attached hydrogens (tertiary/aromatic N) is 2. The molecule has 100 valence electrons. The van der Waals surface area contributed by atoms with Gasteiger partial charge >= 0.3 is 0 Å². The van der Waals surface area contributed by atoms with Gasteiger partial charge in [0.1, 0.15) is 0 Å². The van der Waals surface area contributed by atoms with Gasteiger partial charge in [-0.1, -0.05) is 24.3 Å². The van der Waals surface area contributed by atoms with Crippen molar-refractivity contribution < 1.29 is 0 Å². The third-order valence-electron chi connectivity index (χ3n) is 4.04. The minimum atomic E-state index is -0.340. The standard InChI is InChI=1S/C16H21N3/c1-16(2,17)15-10-18-11-19(15)14-8-7-12-5-3-4-6-13(12)9-14/h3-6,10-11,14H,7-9,17H2,1-2H3. The number of hydrogen-bond donors (Lipinski definition) is 1. The molecule has 0 bridgehead atoms. The molecule has 0 saturated heterocycles. The molecule has 1 heterocycles. The van der Waals surface area contributed by atoms with Gasteiger partial charge in [0.05, 0.1) is 17.6 Å². The summed E-state index contributed by atoms with van der Waals surface area (Å²) in [5.74, 6) is 0. The molecule has 0 radical (unpaired) electrons. The molecule has 3 rings (SSSR count). The molecule has 0 aliphatic heterocycles. The fourth-order valence-electron chi connectivity index (χ4n) is 3.01.